The van der Waals surface area contributed by atoms with Crippen LogP contribution in [-0.2, 0) is 9.59 Å². The maximum atomic E-state index is 10.1. The summed E-state index contributed by atoms with van der Waals surface area (Å²) in [4.78, 5) is 20.3. The van der Waals surface area contributed by atoms with E-state index in [0.29, 0.717) is 40.3 Å². The van der Waals surface area contributed by atoms with Gasteiger partial charge in [-0.15, -0.1) is 0 Å². The van der Waals surface area contributed by atoms with Gasteiger partial charge in [-0.1, -0.05) is 34.8 Å². The van der Waals surface area contributed by atoms with Gasteiger partial charge in [0.1, 0.15) is 11.5 Å². The fourth-order valence-electron chi connectivity index (χ4n) is 2.16. The SMILES string of the molecule is Cc1cc(Cl)ccc1OCCCC(=O)[O-].O=C([O-])CCCOc1ccc(Cl)cc1Cl.[Na+].[Na+]. The Morgan fingerprint density at radius 2 is 1.22 bits per heavy atom. The summed E-state index contributed by atoms with van der Waals surface area (Å²) in [6.45, 7) is 2.55. The molecule has 0 heterocycles. The molecule has 2 rings (SSSR count). The third-order valence-corrected chi connectivity index (χ3v) is 4.36. The van der Waals surface area contributed by atoms with Gasteiger partial charge in [0.05, 0.1) is 18.2 Å². The molecule has 0 saturated carbocycles. The summed E-state index contributed by atoms with van der Waals surface area (Å²) in [6, 6.07) is 10.2. The van der Waals surface area contributed by atoms with Gasteiger partial charge in [0.25, 0.3) is 0 Å². The normalized spacial score (nSPS) is 9.38. The van der Waals surface area contributed by atoms with Crippen LogP contribution in [0, 0.1) is 6.92 Å². The third kappa shape index (κ3) is 15.6. The van der Waals surface area contributed by atoms with E-state index < -0.39 is 11.9 Å². The number of carbonyl (C=O) groups is 2. The van der Waals surface area contributed by atoms with Gasteiger partial charge >= 0.3 is 59.1 Å². The van der Waals surface area contributed by atoms with Crippen molar-refractivity contribution < 1.29 is 88.4 Å². The smallest absolute Gasteiger partial charge is 0.550 e. The summed E-state index contributed by atoms with van der Waals surface area (Å²) >= 11 is 17.3. The molecule has 11 heteroatoms. The number of hydrogen-bond acceptors (Lipinski definition) is 6. The molecule has 0 aromatic heterocycles. The number of ether oxygens (including phenoxy) is 2. The number of carboxylic acid groups (broad SMARTS) is 2. The third-order valence-electron chi connectivity index (χ3n) is 3.60. The number of carboxylic acids is 2. The average Bonchev–Trinajstić information content (AvgIpc) is 2.65. The predicted molar refractivity (Wildman–Crippen MR) is 112 cm³/mol. The van der Waals surface area contributed by atoms with Crippen molar-refractivity contribution in [3.8, 4) is 11.5 Å². The first-order valence-electron chi connectivity index (χ1n) is 9.05. The molecule has 164 valence electrons. The molecule has 0 unspecified atom stereocenters. The first-order chi connectivity index (χ1) is 14.2. The van der Waals surface area contributed by atoms with E-state index in [1.807, 2.05) is 6.92 Å². The van der Waals surface area contributed by atoms with Crippen molar-refractivity contribution in [3.63, 3.8) is 0 Å². The molecule has 0 saturated heterocycles. The number of aryl methyl sites for hydroxylation is 1. The number of halogens is 3. The van der Waals surface area contributed by atoms with E-state index in [0.717, 1.165) is 11.3 Å². The van der Waals surface area contributed by atoms with Gasteiger partial charge in [-0.05, 0) is 74.6 Å². The molecule has 0 atom stereocenters. The number of hydrogen-bond donors (Lipinski definition) is 0. The van der Waals surface area contributed by atoms with Crippen molar-refractivity contribution in [1.82, 2.24) is 0 Å². The van der Waals surface area contributed by atoms with E-state index in [4.69, 9.17) is 44.3 Å². The molecule has 0 bridgehead atoms. The standard InChI is InChI=1S/C11H13ClO3.C10H10Cl2O3.2Na/c1-8-7-9(12)4-5-10(8)15-6-2-3-11(13)14;11-7-3-4-9(8(12)6-7)15-5-1-2-10(13)14;;/h4-5,7H,2-3,6H2,1H3,(H,13,14);3-4,6H,1-2,5H2,(H,13,14);;/q;;2*+1/p-2. The maximum Gasteiger partial charge on any atom is 1.00 e. The van der Waals surface area contributed by atoms with Gasteiger partial charge in [-0.25, -0.2) is 0 Å². The molecule has 0 fully saturated rings. The topological polar surface area (TPSA) is 98.7 Å². The van der Waals surface area contributed by atoms with E-state index in [-0.39, 0.29) is 78.6 Å². The minimum atomic E-state index is -1.08. The molecule has 2 aromatic rings. The minimum absolute atomic E-state index is 0. The Balaban J connectivity index is 0. The van der Waals surface area contributed by atoms with Crippen LogP contribution < -0.4 is 78.8 Å². The summed E-state index contributed by atoms with van der Waals surface area (Å²) in [7, 11) is 0. The maximum absolute atomic E-state index is 10.1. The fraction of sp³-hybridized carbons (Fsp3) is 0.333. The zero-order valence-corrected chi connectivity index (χ0v) is 24.6. The largest absolute Gasteiger partial charge is 1.00 e. The molecular weight excluding hydrogens is 501 g/mol. The number of benzene rings is 2. The van der Waals surface area contributed by atoms with E-state index in [1.54, 1.807) is 36.4 Å². The van der Waals surface area contributed by atoms with Gasteiger partial charge in [-0.2, -0.15) is 0 Å². The Labute approximate surface area is 247 Å². The summed E-state index contributed by atoms with van der Waals surface area (Å²) in [5, 5.41) is 21.9. The van der Waals surface area contributed by atoms with E-state index >= 15 is 0 Å². The van der Waals surface area contributed by atoms with Crippen molar-refractivity contribution in [2.75, 3.05) is 13.2 Å². The summed E-state index contributed by atoms with van der Waals surface area (Å²) < 4.78 is 10.7. The second-order valence-corrected chi connectivity index (χ2v) is 7.41. The molecule has 0 spiro atoms. The molecule has 0 N–H and O–H groups in total. The van der Waals surface area contributed by atoms with Crippen LogP contribution >= 0.6 is 34.8 Å². The average molecular weight is 522 g/mol. The monoisotopic (exact) mass is 520 g/mol. The number of carbonyl (C=O) groups excluding carboxylic acids is 2. The molecule has 0 aliphatic carbocycles. The quantitative estimate of drug-likeness (QED) is 0.253. The molecule has 2 aromatic carbocycles. The van der Waals surface area contributed by atoms with Crippen LogP contribution in [0.3, 0.4) is 0 Å². The Kier molecular flexibility index (Phi) is 20.4. The fourth-order valence-corrected chi connectivity index (χ4v) is 2.85. The zero-order chi connectivity index (χ0) is 22.5. The van der Waals surface area contributed by atoms with Crippen LogP contribution in [0.15, 0.2) is 36.4 Å². The van der Waals surface area contributed by atoms with Crippen molar-refractivity contribution in [2.45, 2.75) is 32.6 Å². The Morgan fingerprint density at radius 3 is 1.66 bits per heavy atom. The molecule has 0 radical (unpaired) electrons. The van der Waals surface area contributed by atoms with Crippen LogP contribution in [-0.4, -0.2) is 25.2 Å². The Morgan fingerprint density at radius 1 is 0.781 bits per heavy atom. The molecule has 6 nitrogen and oxygen atoms in total. The second-order valence-electron chi connectivity index (χ2n) is 6.13. The number of aliphatic carboxylic acids is 2. The van der Waals surface area contributed by atoms with Crippen molar-refractivity contribution in [2.24, 2.45) is 0 Å². The summed E-state index contributed by atoms with van der Waals surface area (Å²) in [5.41, 5.74) is 0.941. The molecule has 32 heavy (non-hydrogen) atoms. The molecule has 0 amide bonds. The van der Waals surface area contributed by atoms with Crippen molar-refractivity contribution in [3.05, 3.63) is 57.0 Å². The van der Waals surface area contributed by atoms with Gasteiger partial charge in [0.15, 0.2) is 0 Å². The summed E-state index contributed by atoms with van der Waals surface area (Å²) in [5.74, 6) is -0.899. The predicted octanol–water partition coefficient (Wildman–Crippen LogP) is -2.53. The van der Waals surface area contributed by atoms with Crippen LogP contribution in [0.25, 0.3) is 0 Å². The van der Waals surface area contributed by atoms with Crippen LogP contribution in [0.1, 0.15) is 31.2 Å². The van der Waals surface area contributed by atoms with E-state index in [9.17, 15) is 19.8 Å². The van der Waals surface area contributed by atoms with Gasteiger partial charge in [0, 0.05) is 22.0 Å². The van der Waals surface area contributed by atoms with Crippen LogP contribution in [0.5, 0.6) is 11.5 Å². The van der Waals surface area contributed by atoms with E-state index in [2.05, 4.69) is 0 Å². The van der Waals surface area contributed by atoms with E-state index in [1.165, 1.54) is 0 Å². The van der Waals surface area contributed by atoms with Crippen LogP contribution in [0.2, 0.25) is 15.1 Å². The van der Waals surface area contributed by atoms with Gasteiger partial charge < -0.3 is 29.3 Å². The van der Waals surface area contributed by atoms with Crippen LogP contribution in [0.4, 0.5) is 0 Å². The number of rotatable bonds is 10. The zero-order valence-electron chi connectivity index (χ0n) is 18.3. The molecular formula is C21H21Cl3Na2O6. The molecule has 0 aliphatic rings. The molecule has 0 aliphatic heterocycles. The van der Waals surface area contributed by atoms with Gasteiger partial charge in [0.2, 0.25) is 0 Å². The summed E-state index contributed by atoms with van der Waals surface area (Å²) in [6.07, 6.45) is 0.837. The Bertz CT molecular complexity index is 783. The first-order valence-corrected chi connectivity index (χ1v) is 10.2. The van der Waals surface area contributed by atoms with Crippen molar-refractivity contribution >= 4 is 46.7 Å². The minimum Gasteiger partial charge on any atom is -0.550 e. The second kappa shape index (κ2) is 19.2. The van der Waals surface area contributed by atoms with Crippen molar-refractivity contribution in [1.29, 1.82) is 0 Å². The Hall–Kier alpha value is -0.150. The first kappa shape index (κ1) is 34.0. The van der Waals surface area contributed by atoms with Gasteiger partial charge in [-0.3, -0.25) is 0 Å².